The number of nitrogen functional groups attached to an aromatic ring is 1. The first kappa shape index (κ1) is 14.6. The lowest BCUT2D eigenvalue weighted by molar-refractivity contribution is 0.481. The highest BCUT2D eigenvalue weighted by atomic mass is 127. The zero-order chi connectivity index (χ0) is 14.7. The molecule has 0 unspecified atom stereocenters. The Morgan fingerprint density at radius 3 is 2.45 bits per heavy atom. The number of nitrogens with two attached hydrogens (primary N) is 1. The SMILES string of the molecule is N#Cc1cc(N)c(Oc2ccc(C#N)c(Br)c2)c(I)c1. The Labute approximate surface area is 138 Å². The second kappa shape index (κ2) is 6.12. The van der Waals surface area contributed by atoms with E-state index in [1.807, 2.05) is 6.07 Å². The number of hydrogen-bond acceptors (Lipinski definition) is 4. The highest BCUT2D eigenvalue weighted by molar-refractivity contribution is 14.1. The van der Waals surface area contributed by atoms with E-state index in [1.165, 1.54) is 0 Å². The van der Waals surface area contributed by atoms with Gasteiger partial charge in [-0.05, 0) is 68.9 Å². The first-order chi connectivity index (χ1) is 9.55. The van der Waals surface area contributed by atoms with Crippen LogP contribution >= 0.6 is 38.5 Å². The van der Waals surface area contributed by atoms with Crippen molar-refractivity contribution in [1.82, 2.24) is 0 Å². The van der Waals surface area contributed by atoms with E-state index in [2.05, 4.69) is 44.6 Å². The molecule has 0 atom stereocenters. The first-order valence-corrected chi connectivity index (χ1v) is 7.29. The number of halogens is 2. The van der Waals surface area contributed by atoms with Crippen molar-refractivity contribution in [3.8, 4) is 23.6 Å². The molecule has 4 nitrogen and oxygen atoms in total. The maximum atomic E-state index is 8.87. The van der Waals surface area contributed by atoms with E-state index in [9.17, 15) is 0 Å². The summed E-state index contributed by atoms with van der Waals surface area (Å²) in [5.74, 6) is 1.06. The molecule has 98 valence electrons. The third-order valence-corrected chi connectivity index (χ3v) is 3.94. The highest BCUT2D eigenvalue weighted by Crippen LogP contribution is 2.34. The summed E-state index contributed by atoms with van der Waals surface area (Å²) < 4.78 is 7.14. The van der Waals surface area contributed by atoms with Crippen molar-refractivity contribution in [2.24, 2.45) is 0 Å². The van der Waals surface area contributed by atoms with Gasteiger partial charge < -0.3 is 10.5 Å². The molecule has 0 saturated heterocycles. The summed E-state index contributed by atoms with van der Waals surface area (Å²) in [6.45, 7) is 0. The van der Waals surface area contributed by atoms with Gasteiger partial charge in [-0.3, -0.25) is 0 Å². The van der Waals surface area contributed by atoms with Gasteiger partial charge in [0.25, 0.3) is 0 Å². The summed E-state index contributed by atoms with van der Waals surface area (Å²) in [4.78, 5) is 0. The van der Waals surface area contributed by atoms with Crippen molar-refractivity contribution in [1.29, 1.82) is 10.5 Å². The highest BCUT2D eigenvalue weighted by Gasteiger charge is 2.10. The molecule has 2 aromatic carbocycles. The van der Waals surface area contributed by atoms with E-state index in [0.29, 0.717) is 32.8 Å². The zero-order valence-corrected chi connectivity index (χ0v) is 13.8. The third-order valence-electron chi connectivity index (χ3n) is 2.48. The fourth-order valence-corrected chi connectivity index (χ4v) is 2.76. The molecule has 0 aliphatic heterocycles. The quantitative estimate of drug-likeness (QED) is 0.562. The minimum atomic E-state index is 0.397. The number of hydrogen-bond donors (Lipinski definition) is 1. The normalized spacial score (nSPS) is 9.60. The summed E-state index contributed by atoms with van der Waals surface area (Å²) in [6.07, 6.45) is 0. The predicted octanol–water partition coefficient (Wildman–Crippen LogP) is 4.17. The summed E-state index contributed by atoms with van der Waals surface area (Å²) in [7, 11) is 0. The van der Waals surface area contributed by atoms with Crippen LogP contribution in [-0.2, 0) is 0 Å². The zero-order valence-electron chi connectivity index (χ0n) is 10.0. The Kier molecular flexibility index (Phi) is 4.48. The van der Waals surface area contributed by atoms with Crippen LogP contribution < -0.4 is 10.5 Å². The van der Waals surface area contributed by atoms with Crippen molar-refractivity contribution in [2.75, 3.05) is 5.73 Å². The van der Waals surface area contributed by atoms with Crippen LogP contribution in [0.1, 0.15) is 11.1 Å². The van der Waals surface area contributed by atoms with Gasteiger partial charge in [0.05, 0.1) is 26.5 Å². The Balaban J connectivity index is 2.39. The van der Waals surface area contributed by atoms with Crippen LogP contribution in [0.2, 0.25) is 0 Å². The largest absolute Gasteiger partial charge is 0.454 e. The lowest BCUT2D eigenvalue weighted by Gasteiger charge is -2.11. The smallest absolute Gasteiger partial charge is 0.163 e. The van der Waals surface area contributed by atoms with Gasteiger partial charge in [-0.2, -0.15) is 10.5 Å². The molecular weight excluding hydrogens is 433 g/mol. The van der Waals surface area contributed by atoms with E-state index in [1.54, 1.807) is 30.3 Å². The van der Waals surface area contributed by atoms with Gasteiger partial charge in [0.15, 0.2) is 5.75 Å². The molecule has 0 amide bonds. The molecule has 0 aliphatic carbocycles. The van der Waals surface area contributed by atoms with E-state index in [4.69, 9.17) is 21.0 Å². The lowest BCUT2D eigenvalue weighted by atomic mass is 10.2. The van der Waals surface area contributed by atoms with Crippen LogP contribution in [0.25, 0.3) is 0 Å². The maximum Gasteiger partial charge on any atom is 0.163 e. The van der Waals surface area contributed by atoms with Crippen LogP contribution in [0.4, 0.5) is 5.69 Å². The minimum Gasteiger partial charge on any atom is -0.454 e. The van der Waals surface area contributed by atoms with Crippen molar-refractivity contribution in [3.05, 3.63) is 49.5 Å². The summed E-state index contributed by atoms with van der Waals surface area (Å²) in [5, 5.41) is 17.7. The third kappa shape index (κ3) is 3.03. The molecule has 2 N–H and O–H groups in total. The molecule has 0 fully saturated rings. The van der Waals surface area contributed by atoms with Gasteiger partial charge in [0, 0.05) is 4.47 Å². The topological polar surface area (TPSA) is 82.8 Å². The van der Waals surface area contributed by atoms with Crippen LogP contribution in [0.15, 0.2) is 34.8 Å². The van der Waals surface area contributed by atoms with Gasteiger partial charge in [0.1, 0.15) is 11.8 Å². The molecule has 0 bridgehead atoms. The second-order valence-corrected chi connectivity index (χ2v) is 5.86. The van der Waals surface area contributed by atoms with Gasteiger partial charge in [-0.25, -0.2) is 0 Å². The predicted molar refractivity (Wildman–Crippen MR) is 87.2 cm³/mol. The molecule has 20 heavy (non-hydrogen) atoms. The van der Waals surface area contributed by atoms with E-state index in [0.717, 1.165) is 3.57 Å². The number of nitrogens with zero attached hydrogens (tertiary/aromatic N) is 2. The Morgan fingerprint density at radius 1 is 1.15 bits per heavy atom. The van der Waals surface area contributed by atoms with Crippen molar-refractivity contribution < 1.29 is 4.74 Å². The molecule has 0 aromatic heterocycles. The monoisotopic (exact) mass is 439 g/mol. The standard InChI is InChI=1S/C14H7BrIN3O/c15-11-5-10(2-1-9(11)7-18)20-14-12(16)3-8(6-17)4-13(14)19/h1-5H,19H2. The maximum absolute atomic E-state index is 8.87. The Bertz CT molecular complexity index is 739. The number of nitriles is 2. The number of anilines is 1. The van der Waals surface area contributed by atoms with E-state index >= 15 is 0 Å². The van der Waals surface area contributed by atoms with Crippen LogP contribution in [-0.4, -0.2) is 0 Å². The van der Waals surface area contributed by atoms with Gasteiger partial charge in [-0.15, -0.1) is 0 Å². The molecule has 0 heterocycles. The molecule has 0 saturated carbocycles. The van der Waals surface area contributed by atoms with Gasteiger partial charge in [-0.1, -0.05) is 0 Å². The molecule has 0 aliphatic rings. The van der Waals surface area contributed by atoms with E-state index < -0.39 is 0 Å². The Hall–Kier alpha value is -1.77. The second-order valence-electron chi connectivity index (χ2n) is 3.84. The Morgan fingerprint density at radius 2 is 1.90 bits per heavy atom. The minimum absolute atomic E-state index is 0.397. The van der Waals surface area contributed by atoms with Crippen LogP contribution in [0, 0.1) is 26.2 Å². The van der Waals surface area contributed by atoms with E-state index in [-0.39, 0.29) is 0 Å². The first-order valence-electron chi connectivity index (χ1n) is 5.41. The molecular formula is C14H7BrIN3O. The molecule has 0 radical (unpaired) electrons. The molecule has 2 aromatic rings. The van der Waals surface area contributed by atoms with Crippen molar-refractivity contribution in [2.45, 2.75) is 0 Å². The summed E-state index contributed by atoms with van der Waals surface area (Å²) in [6, 6.07) is 12.4. The van der Waals surface area contributed by atoms with Gasteiger partial charge >= 0.3 is 0 Å². The fourth-order valence-electron chi connectivity index (χ4n) is 1.55. The van der Waals surface area contributed by atoms with Crippen molar-refractivity contribution >= 4 is 44.2 Å². The number of ether oxygens (including phenoxy) is 1. The summed E-state index contributed by atoms with van der Waals surface area (Å²) >= 11 is 5.37. The molecule has 0 spiro atoms. The number of benzene rings is 2. The average molecular weight is 440 g/mol. The fraction of sp³-hybridized carbons (Fsp3) is 0. The summed E-state index contributed by atoms with van der Waals surface area (Å²) in [5.41, 5.74) is 7.31. The van der Waals surface area contributed by atoms with Crippen molar-refractivity contribution in [3.63, 3.8) is 0 Å². The lowest BCUT2D eigenvalue weighted by Crippen LogP contribution is -1.96. The number of rotatable bonds is 2. The molecule has 2 rings (SSSR count). The van der Waals surface area contributed by atoms with Gasteiger partial charge in [0.2, 0.25) is 0 Å². The van der Waals surface area contributed by atoms with Crippen LogP contribution in [0.5, 0.6) is 11.5 Å². The van der Waals surface area contributed by atoms with Crippen LogP contribution in [0.3, 0.4) is 0 Å². The molecule has 6 heteroatoms. The average Bonchev–Trinajstić information content (AvgIpc) is 2.42.